The number of fused-ring (bicyclic) bond motifs is 2. The van der Waals surface area contributed by atoms with Gasteiger partial charge in [-0.2, -0.15) is 0 Å². The Morgan fingerprint density at radius 3 is 1.60 bits per heavy atom. The van der Waals surface area contributed by atoms with Gasteiger partial charge in [0.2, 0.25) is 0 Å². The fraction of sp³-hybridized carbons (Fsp3) is 0.121. The number of hydrogen-bond acceptors (Lipinski definition) is 5. The monoisotopic (exact) mass is 1070 g/mol. The van der Waals surface area contributed by atoms with Crippen LogP contribution in [0.4, 0.5) is 0 Å². The molecule has 0 radical (unpaired) electrons. The molecule has 11 rings (SSSR count). The first-order valence-electron chi connectivity index (χ1n) is 22.3. The van der Waals surface area contributed by atoms with Crippen molar-refractivity contribution in [3.63, 3.8) is 0 Å². The second kappa shape index (κ2) is 16.5. The number of ether oxygens (including phenoxy) is 1. The number of benzene rings is 8. The van der Waals surface area contributed by atoms with Crippen molar-refractivity contribution in [1.82, 2.24) is 9.80 Å². The van der Waals surface area contributed by atoms with Crippen molar-refractivity contribution in [3.8, 4) is 4.37 Å². The second-order valence-corrected chi connectivity index (χ2v) is 21.2. The summed E-state index contributed by atoms with van der Waals surface area (Å²) in [6.45, 7) is 4.92. The number of rotatable bonds is 8. The molecule has 0 atom stereocenters. The predicted molar refractivity (Wildman–Crippen MR) is 268 cm³/mol. The molecule has 9 heteroatoms. The summed E-state index contributed by atoms with van der Waals surface area (Å²) in [6, 6.07) is 43.6. The van der Waals surface area contributed by atoms with E-state index in [0.29, 0.717) is 46.2 Å². The molecule has 3 aliphatic heterocycles. The summed E-state index contributed by atoms with van der Waals surface area (Å²) in [5.74, 6) is -1.50. The van der Waals surface area contributed by atoms with Gasteiger partial charge in [0.1, 0.15) is 0 Å². The summed E-state index contributed by atoms with van der Waals surface area (Å²) in [6.07, 6.45) is 9.24. The maximum absolute atomic E-state index is 14.9. The van der Waals surface area contributed by atoms with Crippen LogP contribution in [0, 0.1) is 4.37 Å². The number of amides is 4. The van der Waals surface area contributed by atoms with E-state index >= 15 is 0 Å². The van der Waals surface area contributed by atoms with E-state index in [1.54, 1.807) is 25.0 Å². The summed E-state index contributed by atoms with van der Waals surface area (Å²) < 4.78 is 10.1. The van der Waals surface area contributed by atoms with E-state index in [1.165, 1.54) is 16.8 Å². The Hall–Kier alpha value is -6.89. The minimum absolute atomic E-state index is 0.368. The Morgan fingerprint density at radius 2 is 1.09 bits per heavy atom. The van der Waals surface area contributed by atoms with E-state index in [9.17, 15) is 19.2 Å². The van der Waals surface area contributed by atoms with Gasteiger partial charge in [0.05, 0.1) is 0 Å². The molecule has 0 N–H and O–H groups in total. The molecule has 1 saturated heterocycles. The van der Waals surface area contributed by atoms with Gasteiger partial charge in [0, 0.05) is 0 Å². The zero-order valence-electron chi connectivity index (χ0n) is 37.3. The van der Waals surface area contributed by atoms with E-state index in [0.717, 1.165) is 87.8 Å². The van der Waals surface area contributed by atoms with Crippen molar-refractivity contribution in [3.05, 3.63) is 195 Å². The third-order valence-electron chi connectivity index (χ3n) is 13.7. The van der Waals surface area contributed by atoms with Crippen LogP contribution in [0.25, 0.3) is 54.7 Å². The molecule has 327 valence electrons. The molecule has 3 heterocycles. The average Bonchev–Trinajstić information content (AvgIpc) is 3.81. The Morgan fingerprint density at radius 1 is 0.612 bits per heavy atom. The molecule has 7 nitrogen and oxygen atoms in total. The molecule has 0 bridgehead atoms. The van der Waals surface area contributed by atoms with Crippen LogP contribution in [-0.4, -0.2) is 60.7 Å². The van der Waals surface area contributed by atoms with Gasteiger partial charge >= 0.3 is 401 Å². The van der Waals surface area contributed by atoms with Gasteiger partial charge in [0.25, 0.3) is 0 Å². The van der Waals surface area contributed by atoms with Crippen LogP contribution in [0.1, 0.15) is 72.8 Å². The Kier molecular flexibility index (Phi) is 10.5. The fourth-order valence-electron chi connectivity index (χ4n) is 10.8. The molecule has 3 aliphatic rings. The van der Waals surface area contributed by atoms with Gasteiger partial charge in [0.15, 0.2) is 0 Å². The first-order chi connectivity index (χ1) is 32.6. The van der Waals surface area contributed by atoms with Crippen LogP contribution in [0.3, 0.4) is 0 Å². The van der Waals surface area contributed by atoms with Crippen molar-refractivity contribution >= 4 is 102 Å². The third kappa shape index (κ3) is 6.15. The van der Waals surface area contributed by atoms with Gasteiger partial charge in [-0.25, -0.2) is 0 Å². The minimum atomic E-state index is -2.88. The average molecular weight is 1070 g/mol. The Balaban J connectivity index is 1.45. The molecular formula is C58H43N2O5OsP+. The molecule has 8 aromatic carbocycles. The van der Waals surface area contributed by atoms with Gasteiger partial charge in [-0.3, -0.25) is 0 Å². The molecule has 67 heavy (non-hydrogen) atoms. The predicted octanol–water partition coefficient (Wildman–Crippen LogP) is 10.7. The second-order valence-electron chi connectivity index (χ2n) is 17.2. The van der Waals surface area contributed by atoms with Gasteiger partial charge < -0.3 is 0 Å². The Labute approximate surface area is 398 Å². The fourth-order valence-corrected chi connectivity index (χ4v) is 16.6. The van der Waals surface area contributed by atoms with Gasteiger partial charge in [-0.05, 0) is 0 Å². The third-order valence-corrected chi connectivity index (χ3v) is 19.1. The molecular weight excluding hydrogens is 1030 g/mol. The number of carbonyl (C=O) groups is 4. The van der Waals surface area contributed by atoms with Crippen molar-refractivity contribution in [2.45, 2.75) is 20.3 Å². The summed E-state index contributed by atoms with van der Waals surface area (Å²) in [4.78, 5) is 59.9. The van der Waals surface area contributed by atoms with Crippen LogP contribution >= 0.6 is 7.26 Å². The topological polar surface area (TPSA) is 84.0 Å². The van der Waals surface area contributed by atoms with Crippen LogP contribution in [0.2, 0.25) is 0 Å². The van der Waals surface area contributed by atoms with E-state index in [2.05, 4.69) is 96.2 Å². The van der Waals surface area contributed by atoms with Crippen LogP contribution in [-0.2, 0) is 22.7 Å². The molecule has 0 aromatic heterocycles. The molecule has 0 saturated carbocycles. The van der Waals surface area contributed by atoms with Crippen molar-refractivity contribution in [2.24, 2.45) is 0 Å². The first kappa shape index (κ1) is 42.7. The van der Waals surface area contributed by atoms with E-state index in [-0.39, 0.29) is 17.7 Å². The summed E-state index contributed by atoms with van der Waals surface area (Å²) >= 11 is 1.70. The molecule has 0 spiro atoms. The number of allylic oxidation sites excluding steroid dienone is 5. The standard InChI is InChI=1S/C58H43N2O5P.Os/c1-6-17-35-29-47-51-43(55(61)59(4)57(47)63)28-26-42-50-46(31-48-52-44(56(62)60(5)58(48)64)27-25-41(54(50)52)49(35)53(42)51)45(30-37-33-65-32-36(37)18-7-2)34(3)66(38-19-11-8-12-20-38,39-21-13-9-14-22-39)40-23-15-10-16-24-40;/h6,8-31H,7,32-33H2,1-2,4-5H3;/q+1;. The van der Waals surface area contributed by atoms with Gasteiger partial charge in [-0.1, -0.05) is 0 Å². The molecule has 8 aromatic rings. The number of hydrogen-bond donors (Lipinski definition) is 0. The molecule has 0 unspecified atom stereocenters. The summed E-state index contributed by atoms with van der Waals surface area (Å²) in [5.41, 5.74) is 6.32. The normalized spacial score (nSPS) is 16.8. The summed E-state index contributed by atoms with van der Waals surface area (Å²) in [5, 5.41) is 10.4. The first-order valence-corrected chi connectivity index (χ1v) is 25.4. The van der Waals surface area contributed by atoms with E-state index in [4.69, 9.17) is 4.74 Å². The number of nitrogens with zero attached hydrogens (tertiary/aromatic N) is 2. The number of carbonyl (C=O) groups excluding carboxylic acids is 4. The quantitative estimate of drug-likeness (QED) is 0.0655. The van der Waals surface area contributed by atoms with E-state index < -0.39 is 13.2 Å². The SMILES string of the molecule is CC=Cc1cc2c3c(ccc4c5c(C(C=C6COCC6=CCC)=C([C]#[Os])[P+](c6ccccc6)(c6ccccc6)c6ccccc6)cc6c7c(ccc(c1c34)c75)C(=O)N(C)C6=O)C(=O)N(C)C2=O. The van der Waals surface area contributed by atoms with Crippen LogP contribution < -0.4 is 15.9 Å². The van der Waals surface area contributed by atoms with Crippen molar-refractivity contribution < 1.29 is 41.9 Å². The van der Waals surface area contributed by atoms with Crippen molar-refractivity contribution in [2.75, 3.05) is 27.3 Å². The summed E-state index contributed by atoms with van der Waals surface area (Å²) in [7, 11) is 0.204. The van der Waals surface area contributed by atoms with Crippen LogP contribution in [0.15, 0.2) is 162 Å². The number of imide groups is 2. The van der Waals surface area contributed by atoms with Crippen molar-refractivity contribution in [1.29, 1.82) is 0 Å². The van der Waals surface area contributed by atoms with E-state index in [1.807, 2.05) is 73.7 Å². The molecule has 0 aliphatic carbocycles. The zero-order chi connectivity index (χ0) is 46.3. The maximum atomic E-state index is 14.9. The Bertz CT molecular complexity index is 3560. The zero-order valence-corrected chi connectivity index (χ0v) is 40.7. The van der Waals surface area contributed by atoms with Crippen LogP contribution in [0.5, 0.6) is 0 Å². The molecule has 1 fully saturated rings. The molecule has 4 amide bonds. The van der Waals surface area contributed by atoms with Gasteiger partial charge in [-0.15, -0.1) is 0 Å².